The molecule has 6 aromatic rings. The Labute approximate surface area is 221 Å². The summed E-state index contributed by atoms with van der Waals surface area (Å²) >= 11 is 1.74. The van der Waals surface area contributed by atoms with E-state index in [0.29, 0.717) is 6.54 Å². The van der Waals surface area contributed by atoms with E-state index in [2.05, 4.69) is 113 Å². The number of aryl methyl sites for hydroxylation is 1. The summed E-state index contributed by atoms with van der Waals surface area (Å²) in [6.45, 7) is 3.69. The summed E-state index contributed by atoms with van der Waals surface area (Å²) in [7, 11) is 0. The molecule has 2 heterocycles. The highest BCUT2D eigenvalue weighted by atomic mass is 32.1. The molecule has 182 valence electrons. The van der Waals surface area contributed by atoms with Crippen molar-refractivity contribution in [3.05, 3.63) is 126 Å². The van der Waals surface area contributed by atoms with E-state index in [0.717, 1.165) is 40.4 Å². The van der Waals surface area contributed by atoms with Gasteiger partial charge in [-0.25, -0.2) is 9.97 Å². The van der Waals surface area contributed by atoms with Crippen LogP contribution >= 0.6 is 11.3 Å². The summed E-state index contributed by atoms with van der Waals surface area (Å²) in [5.74, 6) is 0. The minimum absolute atomic E-state index is 0.696. The molecule has 0 radical (unpaired) electrons. The van der Waals surface area contributed by atoms with Gasteiger partial charge in [0, 0.05) is 24.0 Å². The summed E-state index contributed by atoms with van der Waals surface area (Å²) in [6.07, 6.45) is 4.92. The van der Waals surface area contributed by atoms with Crippen LogP contribution in [0, 0.1) is 0 Å². The average molecular weight is 501 g/mol. The predicted molar refractivity (Wildman–Crippen MR) is 155 cm³/mol. The highest BCUT2D eigenvalue weighted by Crippen LogP contribution is 2.38. The van der Waals surface area contributed by atoms with Gasteiger partial charge in [0.2, 0.25) is 0 Å². The van der Waals surface area contributed by atoms with Gasteiger partial charge in [0.25, 0.3) is 0 Å². The molecule has 4 aromatic carbocycles. The van der Waals surface area contributed by atoms with Crippen LogP contribution in [0.4, 0.5) is 5.69 Å². The molecule has 0 unspecified atom stereocenters. The molecule has 0 saturated carbocycles. The van der Waals surface area contributed by atoms with Crippen LogP contribution in [-0.4, -0.2) is 14.5 Å². The molecule has 2 aromatic heterocycles. The van der Waals surface area contributed by atoms with Crippen LogP contribution in [0.15, 0.2) is 110 Å². The first-order valence-corrected chi connectivity index (χ1v) is 13.4. The van der Waals surface area contributed by atoms with Crippen molar-refractivity contribution in [1.29, 1.82) is 0 Å². The van der Waals surface area contributed by atoms with Crippen molar-refractivity contribution in [2.75, 3.05) is 5.32 Å². The lowest BCUT2D eigenvalue weighted by atomic mass is 9.99. The Hall–Kier alpha value is -4.22. The number of hydrogen-bond donors (Lipinski definition) is 1. The van der Waals surface area contributed by atoms with Gasteiger partial charge in [-0.05, 0) is 59.0 Å². The number of benzene rings is 4. The Kier molecular flexibility index (Phi) is 6.53. The molecule has 0 aliphatic heterocycles. The first-order chi connectivity index (χ1) is 18.3. The second-order valence-electron chi connectivity index (χ2n) is 9.15. The maximum absolute atomic E-state index is 4.93. The number of rotatable bonds is 8. The number of fused-ring (bicyclic) bond motifs is 1. The van der Waals surface area contributed by atoms with Gasteiger partial charge in [0.1, 0.15) is 5.01 Å². The number of para-hydroxylation sites is 1. The summed E-state index contributed by atoms with van der Waals surface area (Å²) in [5.41, 5.74) is 9.41. The molecule has 0 saturated heterocycles. The van der Waals surface area contributed by atoms with Crippen LogP contribution in [0.1, 0.15) is 23.7 Å². The largest absolute Gasteiger partial charge is 0.379 e. The second kappa shape index (κ2) is 10.4. The maximum atomic E-state index is 4.93. The molecular formula is C32H28N4S. The molecule has 0 fully saturated rings. The van der Waals surface area contributed by atoms with E-state index in [1.165, 1.54) is 27.0 Å². The van der Waals surface area contributed by atoms with Crippen LogP contribution in [0.25, 0.3) is 31.9 Å². The van der Waals surface area contributed by atoms with E-state index in [-0.39, 0.29) is 0 Å². The van der Waals surface area contributed by atoms with Gasteiger partial charge in [-0.3, -0.25) is 0 Å². The standard InChI is InChI=1S/C32H28N4S/c1-2-23-12-14-24(15-13-23)21-36-22-33-19-27(36)20-34-26-16-17-28(29(18-26)25-8-4-3-5-9-25)32-35-30-10-6-7-11-31(30)37-32/h3-19,22,34H,2,20-21H2,1H3. The number of anilines is 1. The number of thiazole rings is 1. The van der Waals surface area contributed by atoms with E-state index in [4.69, 9.17) is 4.98 Å². The van der Waals surface area contributed by atoms with E-state index >= 15 is 0 Å². The third-order valence-electron chi connectivity index (χ3n) is 6.68. The topological polar surface area (TPSA) is 42.7 Å². The van der Waals surface area contributed by atoms with Crippen LogP contribution in [0.3, 0.4) is 0 Å². The average Bonchev–Trinajstić information content (AvgIpc) is 3.59. The van der Waals surface area contributed by atoms with Gasteiger partial charge < -0.3 is 9.88 Å². The molecule has 0 spiro atoms. The van der Waals surface area contributed by atoms with Crippen molar-refractivity contribution >= 4 is 27.2 Å². The van der Waals surface area contributed by atoms with Crippen molar-refractivity contribution in [2.45, 2.75) is 26.4 Å². The minimum atomic E-state index is 0.696. The fourth-order valence-electron chi connectivity index (χ4n) is 4.59. The Morgan fingerprint density at radius 1 is 0.811 bits per heavy atom. The molecule has 4 nitrogen and oxygen atoms in total. The van der Waals surface area contributed by atoms with Crippen LogP contribution in [0.2, 0.25) is 0 Å². The van der Waals surface area contributed by atoms with Gasteiger partial charge in [-0.1, -0.05) is 73.7 Å². The lowest BCUT2D eigenvalue weighted by molar-refractivity contribution is 0.749. The van der Waals surface area contributed by atoms with Crippen LogP contribution in [-0.2, 0) is 19.5 Å². The predicted octanol–water partition coefficient (Wildman–Crippen LogP) is 8.05. The van der Waals surface area contributed by atoms with Crippen LogP contribution < -0.4 is 5.32 Å². The maximum Gasteiger partial charge on any atom is 0.125 e. The molecule has 0 amide bonds. The number of imidazole rings is 1. The SMILES string of the molecule is CCc1ccc(Cn2cncc2CNc2ccc(-c3nc4ccccc4s3)c(-c3ccccc3)c2)cc1. The van der Waals surface area contributed by atoms with Gasteiger partial charge in [-0.2, -0.15) is 0 Å². The molecular weight excluding hydrogens is 472 g/mol. The number of nitrogens with zero attached hydrogens (tertiary/aromatic N) is 3. The molecule has 0 bridgehead atoms. The highest BCUT2D eigenvalue weighted by Gasteiger charge is 2.13. The third-order valence-corrected chi connectivity index (χ3v) is 7.75. The van der Waals surface area contributed by atoms with E-state index in [1.54, 1.807) is 11.3 Å². The molecule has 1 N–H and O–H groups in total. The first-order valence-electron chi connectivity index (χ1n) is 12.6. The fraction of sp³-hybridized carbons (Fsp3) is 0.125. The van der Waals surface area contributed by atoms with Crippen molar-refractivity contribution in [3.63, 3.8) is 0 Å². The van der Waals surface area contributed by atoms with Gasteiger partial charge in [0.15, 0.2) is 0 Å². The number of nitrogens with one attached hydrogen (secondary N) is 1. The van der Waals surface area contributed by atoms with Gasteiger partial charge in [-0.15, -0.1) is 11.3 Å². The molecule has 0 aliphatic rings. The van der Waals surface area contributed by atoms with Crippen LogP contribution in [0.5, 0.6) is 0 Å². The summed E-state index contributed by atoms with van der Waals surface area (Å²) in [5, 5.41) is 4.67. The fourth-order valence-corrected chi connectivity index (χ4v) is 5.60. The smallest absolute Gasteiger partial charge is 0.125 e. The van der Waals surface area contributed by atoms with E-state index in [1.807, 2.05) is 18.6 Å². The first kappa shape index (κ1) is 23.2. The zero-order valence-corrected chi connectivity index (χ0v) is 21.6. The monoisotopic (exact) mass is 500 g/mol. The van der Waals surface area contributed by atoms with Crippen molar-refractivity contribution in [1.82, 2.24) is 14.5 Å². The minimum Gasteiger partial charge on any atom is -0.379 e. The Morgan fingerprint density at radius 2 is 1.59 bits per heavy atom. The normalized spacial score (nSPS) is 11.2. The zero-order valence-electron chi connectivity index (χ0n) is 20.8. The lowest BCUT2D eigenvalue weighted by Crippen LogP contribution is -2.08. The molecule has 0 aliphatic carbocycles. The Balaban J connectivity index is 1.27. The lowest BCUT2D eigenvalue weighted by Gasteiger charge is -2.14. The Morgan fingerprint density at radius 3 is 2.41 bits per heavy atom. The second-order valence-corrected chi connectivity index (χ2v) is 10.2. The number of aromatic nitrogens is 3. The van der Waals surface area contributed by atoms with Gasteiger partial charge >= 0.3 is 0 Å². The van der Waals surface area contributed by atoms with Crippen molar-refractivity contribution in [3.8, 4) is 21.7 Å². The van der Waals surface area contributed by atoms with Crippen molar-refractivity contribution in [2.24, 2.45) is 0 Å². The van der Waals surface area contributed by atoms with Crippen molar-refractivity contribution < 1.29 is 0 Å². The van der Waals surface area contributed by atoms with Gasteiger partial charge in [0.05, 0.1) is 28.8 Å². The molecule has 0 atom stereocenters. The van der Waals surface area contributed by atoms with E-state index in [9.17, 15) is 0 Å². The summed E-state index contributed by atoms with van der Waals surface area (Å²) in [6, 6.07) is 34.3. The molecule has 37 heavy (non-hydrogen) atoms. The quantitative estimate of drug-likeness (QED) is 0.230. The molecule has 5 heteroatoms. The Bertz CT molecular complexity index is 1600. The third kappa shape index (κ3) is 5.04. The van der Waals surface area contributed by atoms with E-state index < -0.39 is 0 Å². The highest BCUT2D eigenvalue weighted by molar-refractivity contribution is 7.21. The summed E-state index contributed by atoms with van der Waals surface area (Å²) in [4.78, 5) is 9.35. The summed E-state index contributed by atoms with van der Waals surface area (Å²) < 4.78 is 3.41. The number of hydrogen-bond acceptors (Lipinski definition) is 4. The molecule has 6 rings (SSSR count). The zero-order chi connectivity index (χ0) is 25.0.